The van der Waals surface area contributed by atoms with Crippen LogP contribution in [0, 0.1) is 11.3 Å². The first-order valence-electron chi connectivity index (χ1n) is 7.32. The van der Waals surface area contributed by atoms with Crippen molar-refractivity contribution in [1.82, 2.24) is 0 Å². The molecule has 0 aliphatic heterocycles. The molecule has 0 fully saturated rings. The van der Waals surface area contributed by atoms with Crippen LogP contribution in [-0.4, -0.2) is 15.0 Å². The van der Waals surface area contributed by atoms with Gasteiger partial charge in [-0.25, -0.2) is 8.42 Å². The Balaban J connectivity index is 2.31. The fourth-order valence-electron chi connectivity index (χ4n) is 1.94. The summed E-state index contributed by atoms with van der Waals surface area (Å²) < 4.78 is 30.5. The molecule has 124 valence electrons. The van der Waals surface area contributed by atoms with Gasteiger partial charge < -0.3 is 4.74 Å². The van der Waals surface area contributed by atoms with Gasteiger partial charge in [0.05, 0.1) is 11.5 Å². The van der Waals surface area contributed by atoms with Gasteiger partial charge in [-0.2, -0.15) is 5.26 Å². The summed E-state index contributed by atoms with van der Waals surface area (Å²) in [6.45, 7) is 2.63. The van der Waals surface area contributed by atoms with Crippen molar-refractivity contribution >= 4 is 27.5 Å². The van der Waals surface area contributed by atoms with Crippen LogP contribution in [0.1, 0.15) is 18.9 Å². The maximum absolute atomic E-state index is 12.5. The molecule has 0 aromatic heterocycles. The fourth-order valence-corrected chi connectivity index (χ4v) is 3.23. The number of ether oxygens (including phenoxy) is 1. The minimum Gasteiger partial charge on any atom is -0.494 e. The molecule has 0 saturated carbocycles. The monoisotopic (exact) mass is 361 g/mol. The van der Waals surface area contributed by atoms with E-state index in [1.165, 1.54) is 30.3 Å². The van der Waals surface area contributed by atoms with Crippen LogP contribution >= 0.6 is 11.6 Å². The topological polar surface area (TPSA) is 67.2 Å². The Morgan fingerprint density at radius 3 is 2.33 bits per heavy atom. The summed E-state index contributed by atoms with van der Waals surface area (Å²) in [5.41, 5.74) is 0.605. The second-order valence-electron chi connectivity index (χ2n) is 5.00. The number of nitriles is 1. The average Bonchev–Trinajstić information content (AvgIpc) is 2.59. The lowest BCUT2D eigenvalue weighted by atomic mass is 10.2. The van der Waals surface area contributed by atoms with Gasteiger partial charge in [-0.15, -0.1) is 0 Å². The maximum Gasteiger partial charge on any atom is 0.216 e. The third kappa shape index (κ3) is 4.38. The molecule has 0 saturated heterocycles. The number of benzene rings is 2. The third-order valence-electron chi connectivity index (χ3n) is 3.17. The van der Waals surface area contributed by atoms with Crippen molar-refractivity contribution in [2.75, 3.05) is 6.61 Å². The molecule has 0 amide bonds. The lowest BCUT2D eigenvalue weighted by Crippen LogP contribution is -2.03. The normalized spacial score (nSPS) is 11.8. The van der Waals surface area contributed by atoms with Gasteiger partial charge >= 0.3 is 0 Å². The minimum atomic E-state index is -3.88. The van der Waals surface area contributed by atoms with E-state index in [1.54, 1.807) is 30.3 Å². The largest absolute Gasteiger partial charge is 0.494 e. The molecule has 0 unspecified atom stereocenters. The molecule has 0 radical (unpaired) electrons. The number of allylic oxidation sites excluding steroid dienone is 1. The molecule has 0 atom stereocenters. The molecule has 0 aliphatic carbocycles. The van der Waals surface area contributed by atoms with E-state index in [4.69, 9.17) is 16.3 Å². The molecule has 4 nitrogen and oxygen atoms in total. The van der Waals surface area contributed by atoms with Crippen molar-refractivity contribution in [1.29, 1.82) is 5.26 Å². The first-order valence-corrected chi connectivity index (χ1v) is 9.19. The van der Waals surface area contributed by atoms with Crippen molar-refractivity contribution < 1.29 is 13.2 Å². The summed E-state index contributed by atoms with van der Waals surface area (Å²) in [5.74, 6) is 0.702. The average molecular weight is 362 g/mol. The van der Waals surface area contributed by atoms with Crippen LogP contribution in [0.3, 0.4) is 0 Å². The highest BCUT2D eigenvalue weighted by Crippen LogP contribution is 2.23. The minimum absolute atomic E-state index is 0.0302. The second-order valence-corrected chi connectivity index (χ2v) is 7.35. The quantitative estimate of drug-likeness (QED) is 0.712. The van der Waals surface area contributed by atoms with Crippen LogP contribution in [-0.2, 0) is 9.84 Å². The zero-order valence-electron chi connectivity index (χ0n) is 13.1. The molecule has 0 N–H and O–H groups in total. The highest BCUT2D eigenvalue weighted by Gasteiger charge is 2.20. The van der Waals surface area contributed by atoms with Crippen LogP contribution in [0.15, 0.2) is 58.3 Å². The van der Waals surface area contributed by atoms with Crippen LogP contribution in [0.25, 0.3) is 6.08 Å². The summed E-state index contributed by atoms with van der Waals surface area (Å²) >= 11 is 5.77. The van der Waals surface area contributed by atoms with Gasteiger partial charge in [0.2, 0.25) is 9.84 Å². The van der Waals surface area contributed by atoms with Gasteiger partial charge in [0.25, 0.3) is 0 Å². The Labute approximate surface area is 146 Å². The number of hydrogen-bond acceptors (Lipinski definition) is 4. The number of hydrogen-bond donors (Lipinski definition) is 0. The molecule has 2 aromatic carbocycles. The van der Waals surface area contributed by atoms with E-state index in [0.29, 0.717) is 22.9 Å². The van der Waals surface area contributed by atoms with Crippen molar-refractivity contribution in [2.24, 2.45) is 0 Å². The number of sulfone groups is 1. The van der Waals surface area contributed by atoms with Crippen LogP contribution < -0.4 is 4.74 Å². The van der Waals surface area contributed by atoms with Crippen LogP contribution in [0.4, 0.5) is 0 Å². The molecular formula is C18H16ClNO3S. The number of rotatable bonds is 6. The lowest BCUT2D eigenvalue weighted by molar-refractivity contribution is 0.317. The van der Waals surface area contributed by atoms with E-state index in [9.17, 15) is 13.7 Å². The molecule has 0 bridgehead atoms. The smallest absolute Gasteiger partial charge is 0.216 e. The van der Waals surface area contributed by atoms with Gasteiger partial charge in [-0.05, 0) is 54.5 Å². The Hall–Kier alpha value is -2.29. The third-order valence-corrected chi connectivity index (χ3v) is 5.11. The maximum atomic E-state index is 12.5. The van der Waals surface area contributed by atoms with Gasteiger partial charge in [0.1, 0.15) is 16.7 Å². The van der Waals surface area contributed by atoms with Crippen molar-refractivity contribution in [3.8, 4) is 11.8 Å². The van der Waals surface area contributed by atoms with E-state index in [1.807, 2.05) is 6.92 Å². The van der Waals surface area contributed by atoms with Crippen molar-refractivity contribution in [3.05, 3.63) is 64.0 Å². The van der Waals surface area contributed by atoms with Gasteiger partial charge in [0, 0.05) is 5.02 Å². The lowest BCUT2D eigenvalue weighted by Gasteiger charge is -2.05. The van der Waals surface area contributed by atoms with Crippen LogP contribution in [0.2, 0.25) is 5.02 Å². The molecule has 2 aromatic rings. The standard InChI is InChI=1S/C18H16ClNO3S/c1-2-11-23-16-7-3-14(4-8-16)12-18(13-20)24(21,22)17-9-5-15(19)6-10-17/h3-10,12H,2,11H2,1H3. The van der Waals surface area contributed by atoms with Gasteiger partial charge in [-0.1, -0.05) is 30.7 Å². The Morgan fingerprint density at radius 1 is 1.17 bits per heavy atom. The number of halogens is 1. The predicted octanol–water partition coefficient (Wildman–Crippen LogP) is 4.47. The number of nitrogens with zero attached hydrogens (tertiary/aromatic N) is 1. The highest BCUT2D eigenvalue weighted by molar-refractivity contribution is 7.95. The Kier molecular flexibility index (Phi) is 6.02. The van der Waals surface area contributed by atoms with Crippen molar-refractivity contribution in [2.45, 2.75) is 18.2 Å². The van der Waals surface area contributed by atoms with E-state index in [2.05, 4.69) is 0 Å². The zero-order chi connectivity index (χ0) is 17.6. The second kappa shape index (κ2) is 8.00. The summed E-state index contributed by atoms with van der Waals surface area (Å²) in [6, 6.07) is 14.4. The molecular weight excluding hydrogens is 346 g/mol. The highest BCUT2D eigenvalue weighted by atomic mass is 35.5. The first-order chi connectivity index (χ1) is 11.5. The summed E-state index contributed by atoms with van der Waals surface area (Å²) in [7, 11) is -3.88. The first kappa shape index (κ1) is 18.1. The fraction of sp³-hybridized carbons (Fsp3) is 0.167. The molecule has 24 heavy (non-hydrogen) atoms. The Morgan fingerprint density at radius 2 is 1.79 bits per heavy atom. The summed E-state index contributed by atoms with van der Waals surface area (Å²) in [5, 5.41) is 9.69. The van der Waals surface area contributed by atoms with Crippen molar-refractivity contribution in [3.63, 3.8) is 0 Å². The molecule has 6 heteroatoms. The van der Waals surface area contributed by atoms with E-state index in [-0.39, 0.29) is 9.80 Å². The van der Waals surface area contributed by atoms with E-state index < -0.39 is 9.84 Å². The van der Waals surface area contributed by atoms with E-state index in [0.717, 1.165) is 6.42 Å². The van der Waals surface area contributed by atoms with Gasteiger partial charge in [0.15, 0.2) is 0 Å². The molecule has 0 heterocycles. The van der Waals surface area contributed by atoms with E-state index >= 15 is 0 Å². The predicted molar refractivity (Wildman–Crippen MR) is 94.5 cm³/mol. The SMILES string of the molecule is CCCOc1ccc(C=C(C#N)S(=O)(=O)c2ccc(Cl)cc2)cc1. The van der Waals surface area contributed by atoms with Gasteiger partial charge in [-0.3, -0.25) is 0 Å². The molecule has 0 aliphatic rings. The summed E-state index contributed by atoms with van der Waals surface area (Å²) in [4.78, 5) is -0.297. The molecule has 2 rings (SSSR count). The molecule has 0 spiro atoms. The van der Waals surface area contributed by atoms with Crippen LogP contribution in [0.5, 0.6) is 5.75 Å². The summed E-state index contributed by atoms with van der Waals surface area (Å²) in [6.07, 6.45) is 2.24. The Bertz CT molecular complexity index is 864. The zero-order valence-corrected chi connectivity index (χ0v) is 14.6.